The van der Waals surface area contributed by atoms with Crippen molar-refractivity contribution in [3.05, 3.63) is 34.5 Å². The van der Waals surface area contributed by atoms with Crippen LogP contribution in [0.15, 0.2) is 33.5 Å². The Kier molecular flexibility index (Phi) is 5.39. The number of hydrogen-bond donors (Lipinski definition) is 0. The van der Waals surface area contributed by atoms with Gasteiger partial charge in [0.05, 0.1) is 5.95 Å². The van der Waals surface area contributed by atoms with E-state index in [9.17, 15) is 9.90 Å². The predicted octanol–water partition coefficient (Wildman–Crippen LogP) is -1.43. The van der Waals surface area contributed by atoms with Gasteiger partial charge in [-0.3, -0.25) is 4.79 Å². The number of fused-ring (bicyclic) bond motifs is 1. The fourth-order valence-corrected chi connectivity index (χ4v) is 1.58. The zero-order valence-corrected chi connectivity index (χ0v) is 12.4. The van der Waals surface area contributed by atoms with Crippen molar-refractivity contribution in [3.8, 4) is 11.7 Å². The van der Waals surface area contributed by atoms with Crippen molar-refractivity contribution in [2.24, 2.45) is 0 Å². The molecule has 84 valence electrons. The Morgan fingerprint density at radius 3 is 2.88 bits per heavy atom. The van der Waals surface area contributed by atoms with Gasteiger partial charge in [0, 0.05) is 17.0 Å². The molecule has 2 rings (SSSR count). The van der Waals surface area contributed by atoms with E-state index in [0.29, 0.717) is 17.1 Å². The van der Waals surface area contributed by atoms with Crippen molar-refractivity contribution in [2.45, 2.75) is 0 Å². The topological polar surface area (TPSA) is 62.5 Å². The Hall–Kier alpha value is -0.620. The molecule has 0 saturated heterocycles. The Labute approximate surface area is 124 Å². The molecule has 1 aromatic carbocycles. The molecule has 0 unspecified atom stereocenters. The molecule has 0 fully saturated rings. The summed E-state index contributed by atoms with van der Waals surface area (Å²) in [5.74, 6) is 0.447. The van der Waals surface area contributed by atoms with E-state index < -0.39 is 5.95 Å². The van der Waals surface area contributed by atoms with Crippen LogP contribution < -0.4 is 44.8 Å². The fraction of sp³-hybridized carbons (Fsp3) is 0.182. The van der Waals surface area contributed by atoms with Crippen LogP contribution in [0, 0.1) is 0 Å². The van der Waals surface area contributed by atoms with Gasteiger partial charge in [0.1, 0.15) is 11.7 Å². The van der Waals surface area contributed by atoms with Gasteiger partial charge in [0.2, 0.25) is 0 Å². The predicted molar refractivity (Wildman–Crippen MR) is 60.9 cm³/mol. The van der Waals surface area contributed by atoms with Crippen LogP contribution >= 0.6 is 11.8 Å². The van der Waals surface area contributed by atoms with Gasteiger partial charge >= 0.3 is 29.6 Å². The van der Waals surface area contributed by atoms with Crippen LogP contribution in [0.2, 0.25) is 0 Å². The Bertz CT molecular complexity index is 567. The second kappa shape index (κ2) is 6.35. The third-order valence-corrected chi connectivity index (χ3v) is 2.38. The summed E-state index contributed by atoms with van der Waals surface area (Å²) in [5, 5.41) is 11.4. The molecular weight excluding hydrogens is 251 g/mol. The molecule has 4 nitrogen and oxygen atoms in total. The molecule has 1 heterocycles. The van der Waals surface area contributed by atoms with Crippen LogP contribution in [0.3, 0.4) is 0 Å². The third kappa shape index (κ3) is 3.42. The zero-order valence-electron chi connectivity index (χ0n) is 9.56. The SMILES string of the molecule is CSCOc1ccc2c(=O)cc([O-])oc2c1.[Na+]. The number of benzene rings is 1. The maximum absolute atomic E-state index is 11.4. The summed E-state index contributed by atoms with van der Waals surface area (Å²) in [5.41, 5.74) is -0.0706. The molecule has 0 bridgehead atoms. The number of ether oxygens (including phenoxy) is 1. The minimum atomic E-state index is -0.639. The Balaban J connectivity index is 0.00000144. The summed E-state index contributed by atoms with van der Waals surface area (Å²) < 4.78 is 10.3. The largest absolute Gasteiger partial charge is 1.00 e. The number of hydrogen-bond acceptors (Lipinski definition) is 5. The van der Waals surface area contributed by atoms with Crippen LogP contribution in [-0.2, 0) is 0 Å². The van der Waals surface area contributed by atoms with E-state index in [-0.39, 0.29) is 40.6 Å². The van der Waals surface area contributed by atoms with Gasteiger partial charge in [-0.1, -0.05) is 0 Å². The molecule has 0 spiro atoms. The van der Waals surface area contributed by atoms with Crippen LogP contribution in [0.25, 0.3) is 11.0 Å². The minimum Gasteiger partial charge on any atom is -0.578 e. The van der Waals surface area contributed by atoms with E-state index in [4.69, 9.17) is 9.15 Å². The molecule has 0 aliphatic heterocycles. The molecular formula is C11H9NaO4S. The molecule has 0 N–H and O–H groups in total. The number of rotatable bonds is 3. The first-order chi connectivity index (χ1) is 7.70. The van der Waals surface area contributed by atoms with E-state index in [1.807, 2.05) is 6.26 Å². The van der Waals surface area contributed by atoms with Crippen molar-refractivity contribution in [3.63, 3.8) is 0 Å². The quantitative estimate of drug-likeness (QED) is 0.500. The van der Waals surface area contributed by atoms with Crippen molar-refractivity contribution < 1.29 is 43.8 Å². The van der Waals surface area contributed by atoms with Crippen molar-refractivity contribution in [1.82, 2.24) is 0 Å². The summed E-state index contributed by atoms with van der Waals surface area (Å²) >= 11 is 1.53. The van der Waals surface area contributed by atoms with Gasteiger partial charge in [-0.05, 0) is 24.5 Å². The monoisotopic (exact) mass is 260 g/mol. The first-order valence-electron chi connectivity index (χ1n) is 4.57. The van der Waals surface area contributed by atoms with E-state index in [1.54, 1.807) is 18.2 Å². The first-order valence-corrected chi connectivity index (χ1v) is 5.97. The average molecular weight is 260 g/mol. The number of thioether (sulfide) groups is 1. The summed E-state index contributed by atoms with van der Waals surface area (Å²) in [4.78, 5) is 11.4. The van der Waals surface area contributed by atoms with Crippen molar-refractivity contribution in [1.29, 1.82) is 0 Å². The molecule has 0 atom stereocenters. The average Bonchev–Trinajstić information content (AvgIpc) is 2.25. The standard InChI is InChI=1S/C11H10O4S.Na/c1-16-6-14-7-2-3-8-9(12)5-11(13)15-10(8)4-7;/h2-5,13H,6H2,1H3;/q;+1/p-1. The molecule has 6 heteroatoms. The van der Waals surface area contributed by atoms with Crippen LogP contribution in [0.1, 0.15) is 0 Å². The molecule has 0 radical (unpaired) electrons. The molecule has 0 aliphatic rings. The summed E-state index contributed by atoms with van der Waals surface area (Å²) in [7, 11) is 0. The summed E-state index contributed by atoms with van der Waals surface area (Å²) in [6, 6.07) is 5.76. The molecule has 17 heavy (non-hydrogen) atoms. The van der Waals surface area contributed by atoms with Gasteiger partial charge in [-0.2, -0.15) is 0 Å². The first kappa shape index (κ1) is 14.4. The molecule has 1 aromatic heterocycles. The van der Waals surface area contributed by atoms with Gasteiger partial charge in [0.15, 0.2) is 5.43 Å². The molecule has 2 aromatic rings. The Morgan fingerprint density at radius 1 is 1.41 bits per heavy atom. The second-order valence-corrected chi connectivity index (χ2v) is 3.95. The van der Waals surface area contributed by atoms with Crippen LogP contribution in [-0.4, -0.2) is 12.2 Å². The van der Waals surface area contributed by atoms with Crippen LogP contribution in [0.5, 0.6) is 11.7 Å². The second-order valence-electron chi connectivity index (χ2n) is 3.14. The van der Waals surface area contributed by atoms with Gasteiger partial charge < -0.3 is 14.3 Å². The van der Waals surface area contributed by atoms with Crippen molar-refractivity contribution >= 4 is 22.7 Å². The van der Waals surface area contributed by atoms with Gasteiger partial charge in [-0.25, -0.2) is 0 Å². The normalized spacial score (nSPS) is 9.94. The van der Waals surface area contributed by atoms with E-state index in [1.165, 1.54) is 11.8 Å². The van der Waals surface area contributed by atoms with Gasteiger partial charge in [-0.15, -0.1) is 11.8 Å². The van der Waals surface area contributed by atoms with E-state index in [0.717, 1.165) is 6.07 Å². The third-order valence-electron chi connectivity index (χ3n) is 2.02. The molecule has 0 saturated carbocycles. The van der Waals surface area contributed by atoms with E-state index in [2.05, 4.69) is 0 Å². The van der Waals surface area contributed by atoms with E-state index >= 15 is 0 Å². The summed E-state index contributed by atoms with van der Waals surface area (Å²) in [6.07, 6.45) is 1.91. The van der Waals surface area contributed by atoms with Crippen molar-refractivity contribution in [2.75, 3.05) is 12.2 Å². The minimum absolute atomic E-state index is 0. The zero-order chi connectivity index (χ0) is 11.5. The maximum Gasteiger partial charge on any atom is 1.00 e. The summed E-state index contributed by atoms with van der Waals surface area (Å²) in [6.45, 7) is 0. The van der Waals surface area contributed by atoms with Gasteiger partial charge in [0.25, 0.3) is 0 Å². The smallest absolute Gasteiger partial charge is 0.578 e. The molecule has 0 aliphatic carbocycles. The molecule has 0 amide bonds. The fourth-order valence-electron chi connectivity index (χ4n) is 1.33. The maximum atomic E-state index is 11.4. The van der Waals surface area contributed by atoms with Crippen LogP contribution in [0.4, 0.5) is 0 Å². The Morgan fingerprint density at radius 2 is 2.18 bits per heavy atom.